The molecule has 0 amide bonds. The second-order valence-electron chi connectivity index (χ2n) is 2.30. The van der Waals surface area contributed by atoms with Gasteiger partial charge in [0.2, 0.25) is 0 Å². The highest BCUT2D eigenvalue weighted by atomic mass is 16.1. The highest BCUT2D eigenvalue weighted by Crippen LogP contribution is 1.92. The van der Waals surface area contributed by atoms with E-state index >= 15 is 0 Å². The first-order valence-corrected chi connectivity index (χ1v) is 3.29. The van der Waals surface area contributed by atoms with Crippen LogP contribution in [0.25, 0.3) is 0 Å². The van der Waals surface area contributed by atoms with Crippen molar-refractivity contribution < 1.29 is 4.79 Å². The van der Waals surface area contributed by atoms with Gasteiger partial charge in [0, 0.05) is 13.2 Å². The minimum Gasteiger partial charge on any atom is -0.324 e. The summed E-state index contributed by atoms with van der Waals surface area (Å²) in [6.45, 7) is 0.0660. The average Bonchev–Trinajstić information content (AvgIpc) is 2.35. The first-order valence-electron chi connectivity index (χ1n) is 3.29. The Balaban J connectivity index is 2.57. The first-order chi connectivity index (χ1) is 5.22. The monoisotopic (exact) mass is 154 g/mol. The molecule has 1 heterocycles. The molecule has 0 saturated heterocycles. The number of nitrogens with zero attached hydrogens (tertiary/aromatic N) is 3. The van der Waals surface area contributed by atoms with Crippen molar-refractivity contribution in [3.63, 3.8) is 0 Å². The maximum atomic E-state index is 10.8. The molecule has 11 heavy (non-hydrogen) atoms. The molecule has 1 aromatic heterocycles. The summed E-state index contributed by atoms with van der Waals surface area (Å²) in [5.74, 6) is -0.0227. The van der Waals surface area contributed by atoms with E-state index in [1.807, 2.05) is 0 Å². The highest BCUT2D eigenvalue weighted by Gasteiger charge is 2.03. The Labute approximate surface area is 64.2 Å². The topological polar surface area (TPSA) is 73.8 Å². The summed E-state index contributed by atoms with van der Waals surface area (Å²) >= 11 is 0. The third-order valence-electron chi connectivity index (χ3n) is 1.26. The minimum absolute atomic E-state index is 0.0227. The number of Topliss-reactive ketones (excluding diaryl/α,β-unsaturated/α-hetero) is 1. The largest absolute Gasteiger partial charge is 0.324 e. The zero-order valence-electron chi connectivity index (χ0n) is 6.32. The van der Waals surface area contributed by atoms with Gasteiger partial charge in [-0.15, -0.1) is 5.10 Å². The molecule has 5 nitrogen and oxygen atoms in total. The Morgan fingerprint density at radius 2 is 2.55 bits per heavy atom. The number of hydrogen-bond donors (Lipinski definition) is 1. The number of nitrogens with two attached hydrogens (primary N) is 1. The van der Waals surface area contributed by atoms with Crippen LogP contribution in [-0.2, 0) is 18.3 Å². The number of hydrogen-bond acceptors (Lipinski definition) is 4. The number of carbonyl (C=O) groups excluding carboxylic acids is 1. The third-order valence-corrected chi connectivity index (χ3v) is 1.26. The lowest BCUT2D eigenvalue weighted by molar-refractivity contribution is -0.117. The fourth-order valence-electron chi connectivity index (χ4n) is 0.750. The minimum atomic E-state index is -0.0227. The fourth-order valence-corrected chi connectivity index (χ4v) is 0.750. The maximum Gasteiger partial charge on any atom is 0.152 e. The van der Waals surface area contributed by atoms with E-state index in [0.717, 1.165) is 0 Å². The van der Waals surface area contributed by atoms with Gasteiger partial charge in [0.1, 0.15) is 0 Å². The van der Waals surface area contributed by atoms with Crippen LogP contribution in [0.4, 0.5) is 0 Å². The van der Waals surface area contributed by atoms with Crippen molar-refractivity contribution in [1.29, 1.82) is 0 Å². The van der Waals surface area contributed by atoms with E-state index in [1.54, 1.807) is 17.9 Å². The van der Waals surface area contributed by atoms with Gasteiger partial charge in [-0.2, -0.15) is 0 Å². The van der Waals surface area contributed by atoms with E-state index in [1.165, 1.54) is 0 Å². The van der Waals surface area contributed by atoms with E-state index < -0.39 is 0 Å². The summed E-state index contributed by atoms with van der Waals surface area (Å²) in [6, 6.07) is 0. The van der Waals surface area contributed by atoms with E-state index in [9.17, 15) is 4.79 Å². The molecule has 1 aromatic rings. The summed E-state index contributed by atoms with van der Waals surface area (Å²) < 4.78 is 1.55. The van der Waals surface area contributed by atoms with Crippen molar-refractivity contribution in [3.05, 3.63) is 11.9 Å². The van der Waals surface area contributed by atoms with Crippen molar-refractivity contribution >= 4 is 5.78 Å². The lowest BCUT2D eigenvalue weighted by Gasteiger charge is -1.89. The number of aryl methyl sites for hydroxylation is 1. The standard InChI is InChI=1S/C6H10N4O/c1-10-4-5(8-9-10)2-6(11)3-7/h4H,2-3,7H2,1H3. The van der Waals surface area contributed by atoms with Crippen molar-refractivity contribution in [2.24, 2.45) is 12.8 Å². The zero-order chi connectivity index (χ0) is 8.27. The molecule has 0 aromatic carbocycles. The average molecular weight is 154 g/mol. The summed E-state index contributed by atoms with van der Waals surface area (Å²) in [6.07, 6.45) is 1.98. The van der Waals surface area contributed by atoms with Gasteiger partial charge in [0.15, 0.2) is 5.78 Å². The van der Waals surface area contributed by atoms with Crippen LogP contribution in [0.1, 0.15) is 5.69 Å². The van der Waals surface area contributed by atoms with E-state index in [-0.39, 0.29) is 18.7 Å². The molecule has 0 saturated carbocycles. The van der Waals surface area contributed by atoms with Crippen LogP contribution in [0.3, 0.4) is 0 Å². The maximum absolute atomic E-state index is 10.8. The Hall–Kier alpha value is -1.23. The summed E-state index contributed by atoms with van der Waals surface area (Å²) in [5.41, 5.74) is 5.79. The lowest BCUT2D eigenvalue weighted by Crippen LogP contribution is -2.15. The smallest absolute Gasteiger partial charge is 0.152 e. The fraction of sp³-hybridized carbons (Fsp3) is 0.500. The van der Waals surface area contributed by atoms with Gasteiger partial charge < -0.3 is 5.73 Å². The Kier molecular flexibility index (Phi) is 2.32. The van der Waals surface area contributed by atoms with Crippen molar-refractivity contribution in [3.8, 4) is 0 Å². The summed E-state index contributed by atoms with van der Waals surface area (Å²) in [5, 5.41) is 7.42. The summed E-state index contributed by atoms with van der Waals surface area (Å²) in [7, 11) is 1.75. The van der Waals surface area contributed by atoms with Crippen LogP contribution in [0.5, 0.6) is 0 Å². The molecule has 0 aliphatic rings. The van der Waals surface area contributed by atoms with Crippen molar-refractivity contribution in [2.45, 2.75) is 6.42 Å². The molecule has 2 N–H and O–H groups in total. The van der Waals surface area contributed by atoms with Crippen LogP contribution in [0, 0.1) is 0 Å². The molecule has 0 unspecified atom stereocenters. The van der Waals surface area contributed by atoms with E-state index in [4.69, 9.17) is 5.73 Å². The molecule has 0 atom stereocenters. The molecular weight excluding hydrogens is 144 g/mol. The molecule has 0 bridgehead atoms. The van der Waals surface area contributed by atoms with Crippen molar-refractivity contribution in [1.82, 2.24) is 15.0 Å². The number of rotatable bonds is 3. The molecule has 5 heteroatoms. The second kappa shape index (κ2) is 3.25. The molecule has 0 aliphatic heterocycles. The summed E-state index contributed by atoms with van der Waals surface area (Å²) in [4.78, 5) is 10.8. The van der Waals surface area contributed by atoms with Crippen LogP contribution in [-0.4, -0.2) is 27.3 Å². The van der Waals surface area contributed by atoms with Gasteiger partial charge in [-0.1, -0.05) is 5.21 Å². The normalized spacial score (nSPS) is 10.0. The molecule has 1 rings (SSSR count). The number of aromatic nitrogens is 3. The van der Waals surface area contributed by atoms with Crippen molar-refractivity contribution in [2.75, 3.05) is 6.54 Å². The van der Waals surface area contributed by atoms with Gasteiger partial charge in [-0.25, -0.2) is 0 Å². The van der Waals surface area contributed by atoms with Crippen LogP contribution >= 0.6 is 0 Å². The predicted molar refractivity (Wildman–Crippen MR) is 38.8 cm³/mol. The van der Waals surface area contributed by atoms with Crippen LogP contribution in [0.2, 0.25) is 0 Å². The Morgan fingerprint density at radius 3 is 3.00 bits per heavy atom. The van der Waals surface area contributed by atoms with Gasteiger partial charge in [0.05, 0.1) is 18.7 Å². The Morgan fingerprint density at radius 1 is 1.82 bits per heavy atom. The van der Waals surface area contributed by atoms with Gasteiger partial charge in [0.25, 0.3) is 0 Å². The second-order valence-corrected chi connectivity index (χ2v) is 2.30. The van der Waals surface area contributed by atoms with Crippen LogP contribution in [0.15, 0.2) is 6.20 Å². The molecule has 0 aliphatic carbocycles. The van der Waals surface area contributed by atoms with E-state index in [0.29, 0.717) is 5.69 Å². The van der Waals surface area contributed by atoms with E-state index in [2.05, 4.69) is 10.3 Å². The Bertz CT molecular complexity index is 255. The molecule has 60 valence electrons. The molecular formula is C6H10N4O. The predicted octanol–water partition coefficient (Wildman–Crippen LogP) is -1.11. The van der Waals surface area contributed by atoms with Gasteiger partial charge in [-0.05, 0) is 0 Å². The molecule has 0 radical (unpaired) electrons. The van der Waals surface area contributed by atoms with Crippen LogP contribution < -0.4 is 5.73 Å². The number of ketones is 1. The zero-order valence-corrected chi connectivity index (χ0v) is 6.32. The first kappa shape index (κ1) is 7.87. The van der Waals surface area contributed by atoms with Gasteiger partial charge in [-0.3, -0.25) is 9.48 Å². The highest BCUT2D eigenvalue weighted by molar-refractivity contribution is 5.82. The van der Waals surface area contributed by atoms with Gasteiger partial charge >= 0.3 is 0 Å². The molecule has 0 fully saturated rings. The third kappa shape index (κ3) is 2.12. The quantitative estimate of drug-likeness (QED) is 0.598. The molecule has 0 spiro atoms. The number of carbonyl (C=O) groups is 1. The lowest BCUT2D eigenvalue weighted by atomic mass is 10.2. The SMILES string of the molecule is Cn1cc(CC(=O)CN)nn1.